The standard InChI is InChI=1S/C12H12BrFO4S/c1-2-3-18-11(15)6-19-10-4-7(12(16)17)9(14)5-8(10)13/h4-5H,2-3,6H2,1H3,(H,16,17). The number of halogens is 2. The Morgan fingerprint density at radius 1 is 1.47 bits per heavy atom. The monoisotopic (exact) mass is 350 g/mol. The number of thioether (sulfide) groups is 1. The van der Waals surface area contributed by atoms with Gasteiger partial charge in [0.05, 0.1) is 17.9 Å². The van der Waals surface area contributed by atoms with Crippen LogP contribution in [-0.2, 0) is 9.53 Å². The third kappa shape index (κ3) is 4.83. The number of hydrogen-bond donors (Lipinski definition) is 1. The summed E-state index contributed by atoms with van der Waals surface area (Å²) in [7, 11) is 0. The van der Waals surface area contributed by atoms with Gasteiger partial charge < -0.3 is 9.84 Å². The van der Waals surface area contributed by atoms with Crippen LogP contribution in [-0.4, -0.2) is 29.4 Å². The Bertz CT molecular complexity index is 493. The average molecular weight is 351 g/mol. The summed E-state index contributed by atoms with van der Waals surface area (Å²) >= 11 is 4.22. The van der Waals surface area contributed by atoms with Crippen molar-refractivity contribution in [3.63, 3.8) is 0 Å². The van der Waals surface area contributed by atoms with Crippen molar-refractivity contribution in [1.29, 1.82) is 0 Å². The molecule has 1 aromatic rings. The molecule has 104 valence electrons. The molecule has 0 spiro atoms. The first-order valence-corrected chi connectivity index (χ1v) is 7.24. The van der Waals surface area contributed by atoms with Crippen LogP contribution < -0.4 is 0 Å². The maximum Gasteiger partial charge on any atom is 0.338 e. The summed E-state index contributed by atoms with van der Waals surface area (Å²) in [4.78, 5) is 22.6. The maximum absolute atomic E-state index is 13.3. The van der Waals surface area contributed by atoms with Crippen LogP contribution >= 0.6 is 27.7 Å². The Morgan fingerprint density at radius 2 is 2.16 bits per heavy atom. The summed E-state index contributed by atoms with van der Waals surface area (Å²) in [6.45, 7) is 2.24. The fourth-order valence-corrected chi connectivity index (χ4v) is 2.61. The lowest BCUT2D eigenvalue weighted by Crippen LogP contribution is -2.08. The molecule has 0 aliphatic rings. The minimum absolute atomic E-state index is 0.0449. The van der Waals surface area contributed by atoms with Gasteiger partial charge in [-0.1, -0.05) is 6.92 Å². The normalized spacial score (nSPS) is 10.3. The molecular weight excluding hydrogens is 339 g/mol. The minimum atomic E-state index is -1.35. The van der Waals surface area contributed by atoms with Crippen LogP contribution in [0.3, 0.4) is 0 Å². The van der Waals surface area contributed by atoms with E-state index in [9.17, 15) is 14.0 Å². The summed E-state index contributed by atoms with van der Waals surface area (Å²) in [5, 5.41) is 8.82. The van der Waals surface area contributed by atoms with Crippen LogP contribution in [0.2, 0.25) is 0 Å². The predicted molar refractivity (Wildman–Crippen MR) is 73.0 cm³/mol. The SMILES string of the molecule is CCCOC(=O)CSc1cc(C(=O)O)c(F)cc1Br. The van der Waals surface area contributed by atoms with Crippen LogP contribution in [0.25, 0.3) is 0 Å². The minimum Gasteiger partial charge on any atom is -0.478 e. The van der Waals surface area contributed by atoms with E-state index in [1.54, 1.807) is 0 Å². The van der Waals surface area contributed by atoms with E-state index in [-0.39, 0.29) is 11.7 Å². The molecule has 0 aliphatic carbocycles. The van der Waals surface area contributed by atoms with Gasteiger partial charge in [0.1, 0.15) is 5.82 Å². The van der Waals surface area contributed by atoms with Gasteiger partial charge in [-0.3, -0.25) is 4.79 Å². The van der Waals surface area contributed by atoms with Crippen molar-refractivity contribution >= 4 is 39.6 Å². The molecule has 7 heteroatoms. The van der Waals surface area contributed by atoms with E-state index in [1.165, 1.54) is 6.07 Å². The summed E-state index contributed by atoms with van der Waals surface area (Å²) in [6, 6.07) is 2.27. The van der Waals surface area contributed by atoms with Crippen LogP contribution in [0.15, 0.2) is 21.5 Å². The van der Waals surface area contributed by atoms with E-state index < -0.39 is 17.3 Å². The molecule has 0 saturated heterocycles. The highest BCUT2D eigenvalue weighted by molar-refractivity contribution is 9.10. The number of rotatable bonds is 6. The van der Waals surface area contributed by atoms with Crippen LogP contribution in [0, 0.1) is 5.82 Å². The zero-order valence-corrected chi connectivity index (χ0v) is 12.5. The quantitative estimate of drug-likeness (QED) is 0.629. The number of aromatic carboxylic acids is 1. The lowest BCUT2D eigenvalue weighted by atomic mass is 10.2. The fourth-order valence-electron chi connectivity index (χ4n) is 1.20. The van der Waals surface area contributed by atoms with E-state index in [2.05, 4.69) is 15.9 Å². The summed E-state index contributed by atoms with van der Waals surface area (Å²) in [5.41, 5.74) is -0.423. The zero-order chi connectivity index (χ0) is 14.4. The second-order valence-corrected chi connectivity index (χ2v) is 5.45. The van der Waals surface area contributed by atoms with Crippen molar-refractivity contribution < 1.29 is 23.8 Å². The first-order valence-electron chi connectivity index (χ1n) is 5.46. The summed E-state index contributed by atoms with van der Waals surface area (Å²) in [5.74, 6) is -2.51. The number of hydrogen-bond acceptors (Lipinski definition) is 4. The van der Waals surface area contributed by atoms with Gasteiger partial charge in [0.25, 0.3) is 0 Å². The molecular formula is C12H12BrFO4S. The van der Waals surface area contributed by atoms with Gasteiger partial charge in [-0.05, 0) is 34.5 Å². The van der Waals surface area contributed by atoms with Crippen LogP contribution in [0.5, 0.6) is 0 Å². The highest BCUT2D eigenvalue weighted by Gasteiger charge is 2.15. The highest BCUT2D eigenvalue weighted by Crippen LogP contribution is 2.30. The number of carbonyl (C=O) groups excluding carboxylic acids is 1. The second kappa shape index (κ2) is 7.49. The number of ether oxygens (including phenoxy) is 1. The molecule has 0 unspecified atom stereocenters. The molecule has 1 aromatic carbocycles. The first-order chi connectivity index (χ1) is 8.95. The highest BCUT2D eigenvalue weighted by atomic mass is 79.9. The van der Waals surface area contributed by atoms with Crippen molar-refractivity contribution in [3.05, 3.63) is 28.0 Å². The zero-order valence-electron chi connectivity index (χ0n) is 10.1. The third-order valence-electron chi connectivity index (χ3n) is 2.06. The van der Waals surface area contributed by atoms with Gasteiger partial charge in [-0.2, -0.15) is 0 Å². The van der Waals surface area contributed by atoms with Crippen molar-refractivity contribution in [3.8, 4) is 0 Å². The van der Waals surface area contributed by atoms with Gasteiger partial charge in [-0.15, -0.1) is 11.8 Å². The van der Waals surface area contributed by atoms with Gasteiger partial charge >= 0.3 is 11.9 Å². The first kappa shape index (κ1) is 16.0. The Labute approximate surface area is 122 Å². The van der Waals surface area contributed by atoms with Crippen molar-refractivity contribution in [1.82, 2.24) is 0 Å². The fraction of sp³-hybridized carbons (Fsp3) is 0.333. The smallest absolute Gasteiger partial charge is 0.338 e. The lowest BCUT2D eigenvalue weighted by Gasteiger charge is -2.07. The molecule has 0 atom stereocenters. The Morgan fingerprint density at radius 3 is 2.74 bits per heavy atom. The summed E-state index contributed by atoms with van der Waals surface area (Å²) < 4.78 is 18.6. The number of carbonyl (C=O) groups is 2. The van der Waals surface area contributed by atoms with Gasteiger partial charge in [-0.25, -0.2) is 9.18 Å². The molecule has 0 heterocycles. The maximum atomic E-state index is 13.3. The van der Waals surface area contributed by atoms with Crippen molar-refractivity contribution in [2.75, 3.05) is 12.4 Å². The molecule has 1 rings (SSSR count). The van der Waals surface area contributed by atoms with E-state index in [1.807, 2.05) is 6.92 Å². The summed E-state index contributed by atoms with van der Waals surface area (Å²) in [6.07, 6.45) is 0.736. The molecule has 0 fully saturated rings. The number of benzene rings is 1. The van der Waals surface area contributed by atoms with E-state index in [0.717, 1.165) is 24.2 Å². The van der Waals surface area contributed by atoms with Gasteiger partial charge in [0.2, 0.25) is 0 Å². The van der Waals surface area contributed by atoms with Gasteiger partial charge in [0.15, 0.2) is 0 Å². The molecule has 0 amide bonds. The second-order valence-electron chi connectivity index (χ2n) is 3.58. The molecule has 4 nitrogen and oxygen atoms in total. The van der Waals surface area contributed by atoms with Crippen LogP contribution in [0.4, 0.5) is 4.39 Å². The van der Waals surface area contributed by atoms with E-state index in [0.29, 0.717) is 16.0 Å². The average Bonchev–Trinajstić information content (AvgIpc) is 2.34. The number of carboxylic acid groups (broad SMARTS) is 1. The third-order valence-corrected chi connectivity index (χ3v) is 4.01. The Hall–Kier alpha value is -1.08. The number of esters is 1. The predicted octanol–water partition coefficient (Wildman–Crippen LogP) is 3.33. The molecule has 0 radical (unpaired) electrons. The van der Waals surface area contributed by atoms with Crippen molar-refractivity contribution in [2.24, 2.45) is 0 Å². The van der Waals surface area contributed by atoms with Crippen molar-refractivity contribution in [2.45, 2.75) is 18.2 Å². The molecule has 0 aliphatic heterocycles. The molecule has 0 aromatic heterocycles. The molecule has 19 heavy (non-hydrogen) atoms. The molecule has 0 saturated carbocycles. The van der Waals surface area contributed by atoms with E-state index >= 15 is 0 Å². The Balaban J connectivity index is 2.75. The lowest BCUT2D eigenvalue weighted by molar-refractivity contribution is -0.140. The Kier molecular flexibility index (Phi) is 6.30. The number of carboxylic acids is 1. The molecule has 0 bridgehead atoms. The van der Waals surface area contributed by atoms with Gasteiger partial charge in [0, 0.05) is 9.37 Å². The van der Waals surface area contributed by atoms with Crippen LogP contribution in [0.1, 0.15) is 23.7 Å². The molecule has 1 N–H and O–H groups in total. The topological polar surface area (TPSA) is 63.6 Å². The largest absolute Gasteiger partial charge is 0.478 e. The van der Waals surface area contributed by atoms with E-state index in [4.69, 9.17) is 9.84 Å².